The summed E-state index contributed by atoms with van der Waals surface area (Å²) in [6.45, 7) is 1.03. The first-order valence-corrected chi connectivity index (χ1v) is 7.43. The zero-order valence-electron chi connectivity index (χ0n) is 11.3. The Bertz CT molecular complexity index is 422. The normalized spacial score (nSPS) is 24.7. The van der Waals surface area contributed by atoms with E-state index < -0.39 is 0 Å². The lowest BCUT2D eigenvalue weighted by Gasteiger charge is -2.31. The van der Waals surface area contributed by atoms with Gasteiger partial charge in [-0.15, -0.1) is 0 Å². The summed E-state index contributed by atoms with van der Waals surface area (Å²) in [6, 6.07) is 10.9. The molecule has 0 spiro atoms. The van der Waals surface area contributed by atoms with Crippen molar-refractivity contribution in [3.63, 3.8) is 0 Å². The summed E-state index contributed by atoms with van der Waals surface area (Å²) in [6.07, 6.45) is 5.83. The molecule has 0 aromatic heterocycles. The van der Waals surface area contributed by atoms with Gasteiger partial charge >= 0.3 is 0 Å². The van der Waals surface area contributed by atoms with Crippen molar-refractivity contribution in [3.05, 3.63) is 35.9 Å². The molecule has 0 radical (unpaired) electrons. The zero-order chi connectivity index (χ0) is 13.1. The Morgan fingerprint density at radius 2 is 1.95 bits per heavy atom. The van der Waals surface area contributed by atoms with Crippen molar-refractivity contribution in [2.24, 2.45) is 0 Å². The van der Waals surface area contributed by atoms with Crippen LogP contribution in [0.15, 0.2) is 30.3 Å². The van der Waals surface area contributed by atoms with Crippen LogP contribution in [0, 0.1) is 0 Å². The number of benzene rings is 1. The number of carbonyl (C=O) groups is 1. The van der Waals surface area contributed by atoms with E-state index in [2.05, 4.69) is 22.8 Å². The third kappa shape index (κ3) is 3.16. The molecule has 0 bridgehead atoms. The fourth-order valence-corrected chi connectivity index (χ4v) is 2.91. The van der Waals surface area contributed by atoms with Gasteiger partial charge < -0.3 is 10.6 Å². The van der Waals surface area contributed by atoms with E-state index in [4.69, 9.17) is 0 Å². The maximum atomic E-state index is 12.5. The van der Waals surface area contributed by atoms with E-state index in [0.717, 1.165) is 31.4 Å². The third-order valence-electron chi connectivity index (χ3n) is 4.12. The highest BCUT2D eigenvalue weighted by Gasteiger charge is 2.33. The predicted octanol–water partition coefficient (Wildman–Crippen LogP) is 2.19. The van der Waals surface area contributed by atoms with Crippen LogP contribution in [0.4, 0.5) is 0 Å². The van der Waals surface area contributed by atoms with Crippen LogP contribution in [0.2, 0.25) is 0 Å². The highest BCUT2D eigenvalue weighted by Crippen LogP contribution is 2.27. The molecular weight excluding hydrogens is 236 g/mol. The first-order valence-electron chi connectivity index (χ1n) is 7.43. The van der Waals surface area contributed by atoms with E-state index in [-0.39, 0.29) is 17.9 Å². The van der Waals surface area contributed by atoms with Crippen molar-refractivity contribution in [2.45, 2.75) is 50.1 Å². The minimum Gasteiger partial charge on any atom is -0.353 e. The molecule has 0 unspecified atom stereocenters. The van der Waals surface area contributed by atoms with Crippen molar-refractivity contribution in [3.8, 4) is 0 Å². The predicted molar refractivity (Wildman–Crippen MR) is 76.0 cm³/mol. The molecule has 102 valence electrons. The highest BCUT2D eigenvalue weighted by molar-refractivity contribution is 5.85. The van der Waals surface area contributed by atoms with Crippen LogP contribution in [0.25, 0.3) is 0 Å². The molecule has 2 aliphatic rings. The van der Waals surface area contributed by atoms with Crippen molar-refractivity contribution in [1.29, 1.82) is 0 Å². The van der Waals surface area contributed by atoms with Gasteiger partial charge in [0, 0.05) is 12.1 Å². The van der Waals surface area contributed by atoms with E-state index in [1.165, 1.54) is 12.8 Å². The van der Waals surface area contributed by atoms with Crippen LogP contribution in [-0.2, 0) is 4.79 Å². The summed E-state index contributed by atoms with van der Waals surface area (Å²) >= 11 is 0. The Morgan fingerprint density at radius 1 is 1.16 bits per heavy atom. The molecule has 2 fully saturated rings. The maximum absolute atomic E-state index is 12.5. The Hall–Kier alpha value is -1.35. The molecule has 3 heteroatoms. The number of nitrogens with one attached hydrogen (secondary N) is 2. The third-order valence-corrected chi connectivity index (χ3v) is 4.12. The summed E-state index contributed by atoms with van der Waals surface area (Å²) < 4.78 is 0. The minimum atomic E-state index is -0.0397. The fourth-order valence-electron chi connectivity index (χ4n) is 2.91. The summed E-state index contributed by atoms with van der Waals surface area (Å²) in [5, 5.41) is 6.70. The van der Waals surface area contributed by atoms with Crippen LogP contribution in [0.5, 0.6) is 0 Å². The molecule has 1 aliphatic carbocycles. The van der Waals surface area contributed by atoms with Crippen LogP contribution < -0.4 is 10.6 Å². The van der Waals surface area contributed by atoms with Crippen molar-refractivity contribution in [1.82, 2.24) is 10.6 Å². The van der Waals surface area contributed by atoms with Crippen LogP contribution in [0.1, 0.15) is 43.6 Å². The average molecular weight is 258 g/mol. The molecule has 1 heterocycles. The number of rotatable bonds is 4. The number of piperidine rings is 1. The zero-order valence-corrected chi connectivity index (χ0v) is 11.3. The number of amides is 1. The maximum Gasteiger partial charge on any atom is 0.229 e. The van der Waals surface area contributed by atoms with Gasteiger partial charge in [-0.3, -0.25) is 4.79 Å². The van der Waals surface area contributed by atoms with Gasteiger partial charge in [-0.1, -0.05) is 36.8 Å². The van der Waals surface area contributed by atoms with Crippen LogP contribution in [0.3, 0.4) is 0 Å². The SMILES string of the molecule is O=C(NC1CC1)[C@@H](c1ccccc1)[C@@H]1CCCCN1. The fraction of sp³-hybridized carbons (Fsp3) is 0.562. The summed E-state index contributed by atoms with van der Waals surface area (Å²) in [7, 11) is 0. The lowest BCUT2D eigenvalue weighted by atomic mass is 9.86. The Balaban J connectivity index is 1.79. The lowest BCUT2D eigenvalue weighted by molar-refractivity contribution is -0.123. The molecule has 1 aromatic rings. The lowest BCUT2D eigenvalue weighted by Crippen LogP contribution is -2.45. The van der Waals surface area contributed by atoms with Gasteiger partial charge in [-0.25, -0.2) is 0 Å². The van der Waals surface area contributed by atoms with Crippen LogP contribution >= 0.6 is 0 Å². The van der Waals surface area contributed by atoms with E-state index >= 15 is 0 Å². The van der Waals surface area contributed by atoms with Gasteiger partial charge in [0.15, 0.2) is 0 Å². The number of hydrogen-bond acceptors (Lipinski definition) is 2. The molecule has 1 amide bonds. The minimum absolute atomic E-state index is 0.0397. The van der Waals surface area contributed by atoms with Crippen molar-refractivity contribution < 1.29 is 4.79 Å². The largest absolute Gasteiger partial charge is 0.353 e. The second-order valence-electron chi connectivity index (χ2n) is 5.73. The van der Waals surface area contributed by atoms with Gasteiger partial charge in [-0.05, 0) is 37.8 Å². The molecule has 2 atom stereocenters. The van der Waals surface area contributed by atoms with Crippen molar-refractivity contribution in [2.75, 3.05) is 6.54 Å². The second kappa shape index (κ2) is 5.74. The van der Waals surface area contributed by atoms with Gasteiger partial charge in [0.1, 0.15) is 0 Å². The summed E-state index contributed by atoms with van der Waals surface area (Å²) in [5.74, 6) is 0.162. The second-order valence-corrected chi connectivity index (χ2v) is 5.73. The topological polar surface area (TPSA) is 41.1 Å². The van der Waals surface area contributed by atoms with Gasteiger partial charge in [0.25, 0.3) is 0 Å². The highest BCUT2D eigenvalue weighted by atomic mass is 16.2. The van der Waals surface area contributed by atoms with E-state index in [0.29, 0.717) is 6.04 Å². The van der Waals surface area contributed by atoms with E-state index in [1.54, 1.807) is 0 Å². The molecule has 1 saturated heterocycles. The Labute approximate surface area is 114 Å². The first-order chi connectivity index (χ1) is 9.34. The van der Waals surface area contributed by atoms with E-state index in [9.17, 15) is 4.79 Å². The molecular formula is C16H22N2O. The number of carbonyl (C=O) groups excluding carboxylic acids is 1. The molecule has 19 heavy (non-hydrogen) atoms. The van der Waals surface area contributed by atoms with Crippen LogP contribution in [-0.4, -0.2) is 24.5 Å². The number of hydrogen-bond donors (Lipinski definition) is 2. The van der Waals surface area contributed by atoms with Gasteiger partial charge in [0.05, 0.1) is 5.92 Å². The average Bonchev–Trinajstić information content (AvgIpc) is 3.25. The first kappa shape index (κ1) is 12.7. The molecule has 3 rings (SSSR count). The van der Waals surface area contributed by atoms with Gasteiger partial charge in [0.2, 0.25) is 5.91 Å². The van der Waals surface area contributed by atoms with E-state index in [1.807, 2.05) is 18.2 Å². The molecule has 1 aliphatic heterocycles. The molecule has 1 saturated carbocycles. The smallest absolute Gasteiger partial charge is 0.229 e. The van der Waals surface area contributed by atoms with Crippen molar-refractivity contribution >= 4 is 5.91 Å². The summed E-state index contributed by atoms with van der Waals surface area (Å²) in [4.78, 5) is 12.5. The molecule has 2 N–H and O–H groups in total. The molecule has 1 aromatic carbocycles. The Kier molecular flexibility index (Phi) is 3.83. The molecule has 3 nitrogen and oxygen atoms in total. The quantitative estimate of drug-likeness (QED) is 0.869. The standard InChI is InChI=1S/C16H22N2O/c19-16(18-13-9-10-13)15(12-6-2-1-3-7-12)14-8-4-5-11-17-14/h1-3,6-7,13-15,17H,4-5,8-11H2,(H,18,19)/t14-,15-/m0/s1. The van der Waals surface area contributed by atoms with Gasteiger partial charge in [-0.2, -0.15) is 0 Å². The monoisotopic (exact) mass is 258 g/mol. The Morgan fingerprint density at radius 3 is 2.58 bits per heavy atom. The summed E-state index contributed by atoms with van der Waals surface area (Å²) in [5.41, 5.74) is 1.14.